The number of carbonyl (C=O) groups is 1. The van der Waals surface area contributed by atoms with Crippen LogP contribution < -0.4 is 0 Å². The molecule has 1 atom stereocenters. The quantitative estimate of drug-likeness (QED) is 0.258. The van der Waals surface area contributed by atoms with Crippen molar-refractivity contribution < 1.29 is 14.6 Å². The molecular formula is C25H30Br2O3. The fourth-order valence-electron chi connectivity index (χ4n) is 4.69. The molecule has 1 N–H and O–H groups in total. The molecule has 0 radical (unpaired) electrons. The Hall–Kier alpha value is -1.17. The van der Waals surface area contributed by atoms with Crippen molar-refractivity contribution >= 4 is 37.8 Å². The van der Waals surface area contributed by atoms with Crippen LogP contribution in [0.1, 0.15) is 69.9 Å². The second-order valence-corrected chi connectivity index (χ2v) is 9.85. The van der Waals surface area contributed by atoms with Gasteiger partial charge in [-0.15, -0.1) is 0 Å². The van der Waals surface area contributed by atoms with Crippen molar-refractivity contribution in [3.63, 3.8) is 0 Å². The maximum Gasteiger partial charge on any atom is 0.336 e. The van der Waals surface area contributed by atoms with Crippen molar-refractivity contribution in [2.45, 2.75) is 70.3 Å². The van der Waals surface area contributed by atoms with Gasteiger partial charge in [-0.1, -0.05) is 89.4 Å². The fourth-order valence-corrected chi connectivity index (χ4v) is 5.42. The molecule has 1 aliphatic rings. The van der Waals surface area contributed by atoms with E-state index in [4.69, 9.17) is 4.74 Å². The molecule has 0 saturated carbocycles. The van der Waals surface area contributed by atoms with Gasteiger partial charge in [0.1, 0.15) is 0 Å². The van der Waals surface area contributed by atoms with Gasteiger partial charge in [-0.05, 0) is 59.9 Å². The highest BCUT2D eigenvalue weighted by atomic mass is 79.9. The van der Waals surface area contributed by atoms with Gasteiger partial charge in [0, 0.05) is 8.95 Å². The van der Waals surface area contributed by atoms with E-state index in [2.05, 4.69) is 63.0 Å². The monoisotopic (exact) mass is 536 g/mol. The number of fused-ring (bicyclic) bond motifs is 3. The van der Waals surface area contributed by atoms with Crippen molar-refractivity contribution in [3.05, 3.63) is 56.5 Å². The molecule has 3 nitrogen and oxygen atoms in total. The van der Waals surface area contributed by atoms with Crippen LogP contribution in [0.4, 0.5) is 0 Å². The number of ether oxygens (including phenoxy) is 1. The Labute approximate surface area is 196 Å². The summed E-state index contributed by atoms with van der Waals surface area (Å²) in [6, 6.07) is 12.3. The van der Waals surface area contributed by atoms with Crippen LogP contribution in [-0.4, -0.2) is 23.8 Å². The van der Waals surface area contributed by atoms with Gasteiger partial charge in [0.05, 0.1) is 12.0 Å². The van der Waals surface area contributed by atoms with Gasteiger partial charge >= 0.3 is 5.97 Å². The lowest BCUT2D eigenvalue weighted by atomic mass is 9.70. The van der Waals surface area contributed by atoms with Gasteiger partial charge in [0.2, 0.25) is 0 Å². The third-order valence-electron chi connectivity index (χ3n) is 6.12. The Balaban J connectivity index is 2.07. The molecule has 2 aromatic carbocycles. The van der Waals surface area contributed by atoms with E-state index in [1.54, 1.807) is 6.92 Å². The minimum absolute atomic E-state index is 0.250. The first-order chi connectivity index (χ1) is 14.5. The van der Waals surface area contributed by atoms with E-state index in [1.165, 1.54) is 25.7 Å². The molecule has 0 fully saturated rings. The highest BCUT2D eigenvalue weighted by Gasteiger charge is 2.51. The first-order valence-electron chi connectivity index (χ1n) is 10.9. The zero-order chi connectivity index (χ0) is 21.7. The molecule has 0 heterocycles. The number of halogens is 2. The van der Waals surface area contributed by atoms with Gasteiger partial charge in [0.25, 0.3) is 0 Å². The van der Waals surface area contributed by atoms with Crippen LogP contribution in [0.3, 0.4) is 0 Å². The van der Waals surface area contributed by atoms with Gasteiger partial charge in [-0.25, -0.2) is 4.79 Å². The van der Waals surface area contributed by atoms with Gasteiger partial charge < -0.3 is 9.84 Å². The highest BCUT2D eigenvalue weighted by Crippen LogP contribution is 2.54. The average molecular weight is 538 g/mol. The summed E-state index contributed by atoms with van der Waals surface area (Å²) in [4.78, 5) is 12.8. The Morgan fingerprint density at radius 3 is 2.00 bits per heavy atom. The number of benzene rings is 2. The standard InChI is InChI=1S/C25H30Br2O3/c1-3-5-6-7-8-9-14-25(23(28)24(29)30-4-2)21-15-17(26)10-12-19(21)20-13-11-18(27)16-22(20)25/h10-13,15-16,23,28H,3-9,14H2,1-2H3. The molecular weight excluding hydrogens is 508 g/mol. The molecule has 0 saturated heterocycles. The van der Waals surface area contributed by atoms with Crippen molar-refractivity contribution in [2.24, 2.45) is 0 Å². The fraction of sp³-hybridized carbons (Fsp3) is 0.480. The lowest BCUT2D eigenvalue weighted by Crippen LogP contribution is -2.45. The summed E-state index contributed by atoms with van der Waals surface area (Å²) in [6.45, 7) is 4.24. The molecule has 0 aliphatic heterocycles. The van der Waals surface area contributed by atoms with Crippen molar-refractivity contribution in [2.75, 3.05) is 6.61 Å². The molecule has 2 aromatic rings. The van der Waals surface area contributed by atoms with E-state index < -0.39 is 17.5 Å². The van der Waals surface area contributed by atoms with E-state index in [9.17, 15) is 9.90 Å². The minimum Gasteiger partial charge on any atom is -0.464 e. The number of hydrogen-bond donors (Lipinski definition) is 1. The predicted octanol–water partition coefficient (Wildman–Crippen LogP) is 7.15. The van der Waals surface area contributed by atoms with Crippen molar-refractivity contribution in [1.29, 1.82) is 0 Å². The maximum absolute atomic E-state index is 12.8. The van der Waals surface area contributed by atoms with Crippen LogP contribution in [0.5, 0.6) is 0 Å². The zero-order valence-electron chi connectivity index (χ0n) is 17.7. The second-order valence-electron chi connectivity index (χ2n) is 8.02. The molecule has 5 heteroatoms. The van der Waals surface area contributed by atoms with Gasteiger partial charge in [0.15, 0.2) is 6.10 Å². The van der Waals surface area contributed by atoms with Crippen LogP contribution in [0.25, 0.3) is 11.1 Å². The average Bonchev–Trinajstić information content (AvgIpc) is 2.99. The van der Waals surface area contributed by atoms with Crippen molar-refractivity contribution in [1.82, 2.24) is 0 Å². The summed E-state index contributed by atoms with van der Waals surface area (Å²) < 4.78 is 7.16. The number of aliphatic hydroxyl groups is 1. The first-order valence-corrected chi connectivity index (χ1v) is 12.5. The Morgan fingerprint density at radius 1 is 0.933 bits per heavy atom. The Kier molecular flexibility index (Phi) is 8.17. The van der Waals surface area contributed by atoms with Crippen LogP contribution in [0.2, 0.25) is 0 Å². The molecule has 3 rings (SSSR count). The van der Waals surface area contributed by atoms with Gasteiger partial charge in [-0.2, -0.15) is 0 Å². The largest absolute Gasteiger partial charge is 0.464 e. The third-order valence-corrected chi connectivity index (χ3v) is 7.10. The smallest absolute Gasteiger partial charge is 0.336 e. The highest BCUT2D eigenvalue weighted by molar-refractivity contribution is 9.10. The van der Waals surface area contributed by atoms with Crippen LogP contribution in [0, 0.1) is 0 Å². The van der Waals surface area contributed by atoms with E-state index in [0.717, 1.165) is 44.0 Å². The molecule has 1 unspecified atom stereocenters. The normalized spacial score (nSPS) is 14.8. The van der Waals surface area contributed by atoms with Gasteiger partial charge in [-0.3, -0.25) is 0 Å². The number of esters is 1. The summed E-state index contributed by atoms with van der Waals surface area (Å²) in [5.74, 6) is -0.553. The number of carbonyl (C=O) groups excluding carboxylic acids is 1. The molecule has 0 bridgehead atoms. The molecule has 0 spiro atoms. The first kappa shape index (κ1) is 23.5. The van der Waals surface area contributed by atoms with E-state index in [0.29, 0.717) is 6.42 Å². The number of aliphatic hydroxyl groups excluding tert-OH is 1. The van der Waals surface area contributed by atoms with Crippen molar-refractivity contribution in [3.8, 4) is 11.1 Å². The SMILES string of the molecule is CCCCCCCCC1(C(O)C(=O)OCC)c2cc(Br)ccc2-c2ccc(Br)cc21. The van der Waals surface area contributed by atoms with Crippen LogP contribution >= 0.6 is 31.9 Å². The topological polar surface area (TPSA) is 46.5 Å². The number of hydrogen-bond acceptors (Lipinski definition) is 3. The minimum atomic E-state index is -1.25. The molecule has 162 valence electrons. The molecule has 1 aliphatic carbocycles. The lowest BCUT2D eigenvalue weighted by molar-refractivity contribution is -0.156. The van der Waals surface area contributed by atoms with E-state index in [-0.39, 0.29) is 6.61 Å². The number of rotatable bonds is 10. The molecule has 0 amide bonds. The van der Waals surface area contributed by atoms with E-state index in [1.807, 2.05) is 12.1 Å². The molecule has 30 heavy (non-hydrogen) atoms. The van der Waals surface area contributed by atoms with E-state index >= 15 is 0 Å². The lowest BCUT2D eigenvalue weighted by Gasteiger charge is -2.36. The number of unbranched alkanes of at least 4 members (excludes halogenated alkanes) is 5. The Bertz CT molecular complexity index is 842. The summed E-state index contributed by atoms with van der Waals surface area (Å²) >= 11 is 7.19. The summed E-state index contributed by atoms with van der Waals surface area (Å²) in [7, 11) is 0. The maximum atomic E-state index is 12.8. The zero-order valence-corrected chi connectivity index (χ0v) is 20.9. The summed E-state index contributed by atoms with van der Waals surface area (Å²) in [5, 5.41) is 11.4. The predicted molar refractivity (Wildman–Crippen MR) is 129 cm³/mol. The molecule has 0 aromatic heterocycles. The second kappa shape index (κ2) is 10.4. The summed E-state index contributed by atoms with van der Waals surface area (Å²) in [6.07, 6.45) is 6.35. The van der Waals surface area contributed by atoms with Crippen LogP contribution in [0.15, 0.2) is 45.3 Å². The summed E-state index contributed by atoms with van der Waals surface area (Å²) in [5.41, 5.74) is 3.35. The Morgan fingerprint density at radius 2 is 1.47 bits per heavy atom. The van der Waals surface area contributed by atoms with Crippen LogP contribution in [-0.2, 0) is 14.9 Å². The third kappa shape index (κ3) is 4.53.